The van der Waals surface area contributed by atoms with E-state index in [-0.39, 0.29) is 35.8 Å². The molecule has 5 rings (SSSR count). The topological polar surface area (TPSA) is 65.1 Å². The number of amides is 2. The molecule has 35 heavy (non-hydrogen) atoms. The fourth-order valence-corrected chi connectivity index (χ4v) is 5.72. The lowest BCUT2D eigenvalue weighted by atomic mass is 9.71. The molecule has 1 spiro atoms. The molecule has 0 radical (unpaired) electrons. The Bertz CT molecular complexity index is 1060. The Balaban J connectivity index is 1.41. The van der Waals surface area contributed by atoms with E-state index in [0.717, 1.165) is 15.6 Å². The molecule has 2 aliphatic heterocycles. The molecule has 2 aromatic carbocycles. The predicted molar refractivity (Wildman–Crippen MR) is 135 cm³/mol. The van der Waals surface area contributed by atoms with Crippen molar-refractivity contribution < 1.29 is 23.8 Å². The van der Waals surface area contributed by atoms with Crippen LogP contribution < -0.4 is 0 Å². The van der Waals surface area contributed by atoms with Crippen LogP contribution in [0.1, 0.15) is 50.2 Å². The van der Waals surface area contributed by atoms with E-state index in [1.165, 1.54) is 4.90 Å². The van der Waals surface area contributed by atoms with Gasteiger partial charge in [0, 0.05) is 34.6 Å². The summed E-state index contributed by atoms with van der Waals surface area (Å²) in [6.07, 6.45) is 1.82. The minimum atomic E-state index is -0.695. The number of carbonyl (C=O) groups is 2. The SMILES string of the molecule is CC1(C)COC2(CC[C@@H](C(=O)N3C(=O)OC[C@H]3Cc3ccccc3)[C@H](c3ccc(Br)cc3)C2)OC1. The number of cyclic esters (lactones) is 1. The standard InChI is InChI=1S/C28H32BrNO5/c1-27(2)17-34-28(35-18-27)13-12-23(24(15-28)20-8-10-21(29)11-9-20)25(31)30-22(16-33-26(30)32)14-19-6-4-3-5-7-19/h3-11,22-24H,12-18H2,1-2H3/t22-,23-,24+/m1/s1. The van der Waals surface area contributed by atoms with E-state index in [1.54, 1.807) is 0 Å². The molecule has 3 aliphatic rings. The van der Waals surface area contributed by atoms with E-state index in [4.69, 9.17) is 14.2 Å². The van der Waals surface area contributed by atoms with Gasteiger partial charge in [0.15, 0.2) is 5.79 Å². The zero-order valence-electron chi connectivity index (χ0n) is 20.2. The molecule has 2 amide bonds. The van der Waals surface area contributed by atoms with E-state index in [1.807, 2.05) is 54.6 Å². The van der Waals surface area contributed by atoms with Gasteiger partial charge in [0.05, 0.1) is 19.3 Å². The molecule has 186 valence electrons. The molecule has 0 bridgehead atoms. The second-order valence-corrected chi connectivity index (χ2v) is 11.7. The van der Waals surface area contributed by atoms with E-state index >= 15 is 0 Å². The summed E-state index contributed by atoms with van der Waals surface area (Å²) in [6.45, 7) is 5.73. The summed E-state index contributed by atoms with van der Waals surface area (Å²) in [5.41, 5.74) is 2.09. The van der Waals surface area contributed by atoms with Crippen LogP contribution in [0.5, 0.6) is 0 Å². The molecular formula is C28H32BrNO5. The summed E-state index contributed by atoms with van der Waals surface area (Å²) in [6, 6.07) is 17.7. The van der Waals surface area contributed by atoms with Crippen molar-refractivity contribution in [2.75, 3.05) is 19.8 Å². The monoisotopic (exact) mass is 541 g/mol. The van der Waals surface area contributed by atoms with Crippen LogP contribution in [0.4, 0.5) is 4.79 Å². The fraction of sp³-hybridized carbons (Fsp3) is 0.500. The van der Waals surface area contributed by atoms with Crippen molar-refractivity contribution in [1.82, 2.24) is 4.90 Å². The van der Waals surface area contributed by atoms with Gasteiger partial charge in [-0.15, -0.1) is 0 Å². The number of imide groups is 1. The number of nitrogens with zero attached hydrogens (tertiary/aromatic N) is 1. The first-order valence-corrected chi connectivity index (χ1v) is 13.1. The van der Waals surface area contributed by atoms with Crippen molar-refractivity contribution in [3.63, 3.8) is 0 Å². The molecule has 3 fully saturated rings. The van der Waals surface area contributed by atoms with Gasteiger partial charge in [0.2, 0.25) is 5.91 Å². The average molecular weight is 542 g/mol. The number of halogens is 1. The Hall–Kier alpha value is -2.22. The Morgan fingerprint density at radius 1 is 1.06 bits per heavy atom. The average Bonchev–Trinajstić information content (AvgIpc) is 3.21. The highest BCUT2D eigenvalue weighted by Crippen LogP contribution is 2.48. The van der Waals surface area contributed by atoms with Crippen LogP contribution >= 0.6 is 15.9 Å². The molecule has 6 nitrogen and oxygen atoms in total. The summed E-state index contributed by atoms with van der Waals surface area (Å²) >= 11 is 3.51. The number of hydrogen-bond acceptors (Lipinski definition) is 5. The van der Waals surface area contributed by atoms with Crippen LogP contribution in [0.25, 0.3) is 0 Å². The van der Waals surface area contributed by atoms with Crippen molar-refractivity contribution in [2.45, 2.75) is 57.3 Å². The van der Waals surface area contributed by atoms with Gasteiger partial charge in [-0.25, -0.2) is 9.69 Å². The first-order valence-electron chi connectivity index (χ1n) is 12.3. The Labute approximate surface area is 215 Å². The largest absolute Gasteiger partial charge is 0.447 e. The Morgan fingerprint density at radius 3 is 2.43 bits per heavy atom. The molecule has 1 saturated carbocycles. The molecule has 0 aromatic heterocycles. The molecule has 2 aromatic rings. The fourth-order valence-electron chi connectivity index (χ4n) is 5.46. The van der Waals surface area contributed by atoms with E-state index in [0.29, 0.717) is 38.9 Å². The van der Waals surface area contributed by atoms with Crippen molar-refractivity contribution in [2.24, 2.45) is 11.3 Å². The van der Waals surface area contributed by atoms with Crippen LogP contribution in [0.2, 0.25) is 0 Å². The molecular weight excluding hydrogens is 510 g/mol. The van der Waals surface area contributed by atoms with Crippen molar-refractivity contribution in [1.29, 1.82) is 0 Å². The molecule has 2 saturated heterocycles. The van der Waals surface area contributed by atoms with Crippen molar-refractivity contribution in [3.05, 3.63) is 70.2 Å². The van der Waals surface area contributed by atoms with Gasteiger partial charge >= 0.3 is 6.09 Å². The highest BCUT2D eigenvalue weighted by Gasteiger charge is 2.51. The number of hydrogen-bond donors (Lipinski definition) is 0. The molecule has 2 heterocycles. The van der Waals surface area contributed by atoms with Gasteiger partial charge in [-0.3, -0.25) is 4.79 Å². The quantitative estimate of drug-likeness (QED) is 0.497. The van der Waals surface area contributed by atoms with Crippen LogP contribution in [0.3, 0.4) is 0 Å². The smallest absolute Gasteiger partial charge is 0.416 e. The molecule has 7 heteroatoms. The summed E-state index contributed by atoms with van der Waals surface area (Å²) < 4.78 is 19.0. The first-order chi connectivity index (χ1) is 16.8. The van der Waals surface area contributed by atoms with Crippen molar-refractivity contribution in [3.8, 4) is 0 Å². The summed E-state index contributed by atoms with van der Waals surface area (Å²) in [4.78, 5) is 28.1. The normalized spacial score (nSPS) is 27.6. The maximum Gasteiger partial charge on any atom is 0.416 e. The predicted octanol–water partition coefficient (Wildman–Crippen LogP) is 5.69. The van der Waals surface area contributed by atoms with Gasteiger partial charge in [0.25, 0.3) is 0 Å². The van der Waals surface area contributed by atoms with E-state index in [9.17, 15) is 9.59 Å². The van der Waals surface area contributed by atoms with Crippen molar-refractivity contribution >= 4 is 27.9 Å². The lowest BCUT2D eigenvalue weighted by Crippen LogP contribution is -2.53. The third kappa shape index (κ3) is 5.18. The third-order valence-electron chi connectivity index (χ3n) is 7.43. The van der Waals surface area contributed by atoms with Gasteiger partial charge < -0.3 is 14.2 Å². The maximum atomic E-state index is 14.0. The lowest BCUT2D eigenvalue weighted by molar-refractivity contribution is -0.314. The second-order valence-electron chi connectivity index (χ2n) is 10.8. The molecule has 0 unspecified atom stereocenters. The first kappa shape index (κ1) is 24.5. The van der Waals surface area contributed by atoms with E-state index < -0.39 is 11.9 Å². The Kier molecular flexibility index (Phi) is 6.77. The molecule has 3 atom stereocenters. The van der Waals surface area contributed by atoms with Crippen LogP contribution in [-0.4, -0.2) is 48.5 Å². The highest BCUT2D eigenvalue weighted by molar-refractivity contribution is 9.10. The van der Waals surface area contributed by atoms with Crippen LogP contribution in [0, 0.1) is 11.3 Å². The Morgan fingerprint density at radius 2 is 1.74 bits per heavy atom. The number of ether oxygens (including phenoxy) is 3. The second kappa shape index (κ2) is 9.68. The number of rotatable bonds is 4. The van der Waals surface area contributed by atoms with Crippen LogP contribution in [-0.2, 0) is 25.4 Å². The van der Waals surface area contributed by atoms with Gasteiger partial charge in [-0.05, 0) is 36.1 Å². The van der Waals surface area contributed by atoms with E-state index in [2.05, 4.69) is 29.8 Å². The minimum Gasteiger partial charge on any atom is -0.447 e. The zero-order valence-corrected chi connectivity index (χ0v) is 21.8. The number of benzene rings is 2. The maximum absolute atomic E-state index is 14.0. The minimum absolute atomic E-state index is 0.0327. The van der Waals surface area contributed by atoms with Crippen LogP contribution in [0.15, 0.2) is 59.1 Å². The third-order valence-corrected chi connectivity index (χ3v) is 7.96. The number of carbonyl (C=O) groups excluding carboxylic acids is 2. The van der Waals surface area contributed by atoms with Gasteiger partial charge in [-0.1, -0.05) is 72.2 Å². The summed E-state index contributed by atoms with van der Waals surface area (Å²) in [5.74, 6) is -1.34. The molecule has 1 aliphatic carbocycles. The summed E-state index contributed by atoms with van der Waals surface area (Å²) in [5, 5.41) is 0. The summed E-state index contributed by atoms with van der Waals surface area (Å²) in [7, 11) is 0. The lowest BCUT2D eigenvalue weighted by Gasteiger charge is -2.49. The van der Waals surface area contributed by atoms with Gasteiger partial charge in [0.1, 0.15) is 6.61 Å². The van der Waals surface area contributed by atoms with Gasteiger partial charge in [-0.2, -0.15) is 0 Å². The highest BCUT2D eigenvalue weighted by atomic mass is 79.9. The zero-order chi connectivity index (χ0) is 24.6. The molecule has 0 N–H and O–H groups in total.